The molecule has 0 spiro atoms. The molecule has 0 aliphatic rings. The average molecular weight is 769 g/mol. The fourth-order valence-electron chi connectivity index (χ4n) is 4.48. The number of hydrogen-bond donors (Lipinski definition) is 5. The summed E-state index contributed by atoms with van der Waals surface area (Å²) in [5, 5.41) is 31.1. The molecule has 0 atom stereocenters. The zero-order valence-electron chi connectivity index (χ0n) is 28.4. The van der Waals surface area contributed by atoms with Gasteiger partial charge in [0.25, 0.3) is 0 Å². The van der Waals surface area contributed by atoms with Crippen molar-refractivity contribution in [1.82, 2.24) is 39.7 Å². The number of ether oxygens (including phenoxy) is 1. The predicted octanol–water partition coefficient (Wildman–Crippen LogP) is 3.44. The molecule has 0 aliphatic carbocycles. The van der Waals surface area contributed by atoms with E-state index in [1.807, 2.05) is 6.07 Å². The lowest BCUT2D eigenvalue weighted by molar-refractivity contribution is -0.114. The summed E-state index contributed by atoms with van der Waals surface area (Å²) in [6.45, 7) is 1.97. The van der Waals surface area contributed by atoms with Gasteiger partial charge in [0, 0.05) is 12.4 Å². The number of nitrogen functional groups attached to an aromatic ring is 2. The summed E-state index contributed by atoms with van der Waals surface area (Å²) in [5.41, 5.74) is 2.07. The van der Waals surface area contributed by atoms with Crippen LogP contribution in [-0.2, 0) is 14.3 Å². The van der Waals surface area contributed by atoms with E-state index in [4.69, 9.17) is 21.5 Å². The first kappa shape index (κ1) is 38.4. The number of carboxylic acid groups (broad SMARTS) is 1. The van der Waals surface area contributed by atoms with Crippen molar-refractivity contribution in [3.05, 3.63) is 108 Å². The number of carbonyl (C=O) groups excluding carboxylic acids is 3. The maximum Gasteiger partial charge on any atom is 0.340 e. The monoisotopic (exact) mass is 768 g/mol. The molecule has 20 heteroatoms. The Morgan fingerprint density at radius 1 is 0.667 bits per heavy atom. The Bertz CT molecular complexity index is 2240. The van der Waals surface area contributed by atoms with Crippen molar-refractivity contribution >= 4 is 58.7 Å². The minimum atomic E-state index is -1.12. The molecule has 7 N–H and O–H groups in total. The molecule has 2 aromatic carbocycles. The van der Waals surface area contributed by atoms with Crippen LogP contribution in [0.5, 0.6) is 0 Å². The molecule has 276 valence electrons. The van der Waals surface area contributed by atoms with Crippen LogP contribution in [0.15, 0.2) is 108 Å². The molecule has 6 rings (SSSR count). The van der Waals surface area contributed by atoms with Crippen LogP contribution in [0.4, 0.5) is 11.4 Å². The van der Waals surface area contributed by atoms with E-state index in [1.165, 1.54) is 21.5 Å². The van der Waals surface area contributed by atoms with Gasteiger partial charge in [0.05, 0.1) is 40.6 Å². The van der Waals surface area contributed by atoms with E-state index in [-0.39, 0.29) is 41.2 Å². The molecular weight excluding hydrogens is 737 g/mol. The van der Waals surface area contributed by atoms with Gasteiger partial charge in [-0.2, -0.15) is 0 Å². The number of nitrogens with zero attached hydrogens (tertiary/aromatic N) is 8. The number of amides is 2. The van der Waals surface area contributed by atoms with Crippen LogP contribution < -0.4 is 22.3 Å². The minimum Gasteiger partial charge on any atom is -0.478 e. The van der Waals surface area contributed by atoms with Crippen molar-refractivity contribution in [3.63, 3.8) is 0 Å². The smallest absolute Gasteiger partial charge is 0.340 e. The Labute approximate surface area is 315 Å². The number of nitrogens with two attached hydrogens (primary N) is 2. The molecule has 0 saturated carbocycles. The van der Waals surface area contributed by atoms with Gasteiger partial charge in [0.2, 0.25) is 33.8 Å². The van der Waals surface area contributed by atoms with Gasteiger partial charge in [-0.15, -0.1) is 20.4 Å². The summed E-state index contributed by atoms with van der Waals surface area (Å²) in [4.78, 5) is 55.9. The number of aromatic nitrogens is 8. The maximum atomic E-state index is 12.3. The van der Waals surface area contributed by atoms with E-state index in [1.54, 1.807) is 86.0 Å². The second-order valence-corrected chi connectivity index (χ2v) is 12.5. The van der Waals surface area contributed by atoms with Crippen molar-refractivity contribution in [2.24, 2.45) is 0 Å². The highest BCUT2D eigenvalue weighted by Crippen LogP contribution is 2.23. The number of thioether (sulfide) groups is 2. The summed E-state index contributed by atoms with van der Waals surface area (Å²) in [7, 11) is 0. The largest absolute Gasteiger partial charge is 0.478 e. The summed E-state index contributed by atoms with van der Waals surface area (Å²) in [5.74, 6) is 10.5. The first-order chi connectivity index (χ1) is 26.2. The fourth-order valence-corrected chi connectivity index (χ4v) is 5.79. The Morgan fingerprint density at radius 3 is 1.56 bits per heavy atom. The van der Waals surface area contributed by atoms with Crippen LogP contribution in [-0.4, -0.2) is 86.7 Å². The molecule has 0 saturated heterocycles. The molecule has 0 aliphatic heterocycles. The van der Waals surface area contributed by atoms with Gasteiger partial charge in [0.15, 0.2) is 0 Å². The number of esters is 1. The van der Waals surface area contributed by atoms with Crippen molar-refractivity contribution in [2.75, 3.05) is 40.4 Å². The van der Waals surface area contributed by atoms with Crippen molar-refractivity contribution in [2.45, 2.75) is 17.2 Å². The molecule has 4 aromatic heterocycles. The van der Waals surface area contributed by atoms with Crippen molar-refractivity contribution in [3.8, 4) is 23.0 Å². The standard InChI is InChI=1S/C18H18N6O3S.C16H14N6O3S/c1-2-27-17(26)12-7-3-4-8-13(12)21-15(25)11-28-18-23-22-16(24(18)19)14-9-5-6-10-20-14;17-22-14(12-7-3-4-8-18-12)20-21-16(22)26-9-13(23)19-11-6-2-1-5-10(11)15(24)25/h3-10H,2,11,19H2,1H3,(H,21,25);1-8H,9,17H2,(H,19,23)(H,24,25). The first-order valence-electron chi connectivity index (χ1n) is 15.8. The predicted molar refractivity (Wildman–Crippen MR) is 201 cm³/mol. The molecule has 0 radical (unpaired) electrons. The van der Waals surface area contributed by atoms with Gasteiger partial charge in [-0.1, -0.05) is 59.9 Å². The number of rotatable bonds is 13. The molecule has 0 fully saturated rings. The van der Waals surface area contributed by atoms with Crippen LogP contribution in [0.1, 0.15) is 27.6 Å². The summed E-state index contributed by atoms with van der Waals surface area (Å²) >= 11 is 2.20. The van der Waals surface area contributed by atoms with E-state index in [0.29, 0.717) is 44.6 Å². The molecule has 54 heavy (non-hydrogen) atoms. The van der Waals surface area contributed by atoms with Gasteiger partial charge >= 0.3 is 11.9 Å². The molecule has 18 nitrogen and oxygen atoms in total. The molecule has 2 amide bonds. The number of pyridine rings is 2. The summed E-state index contributed by atoms with van der Waals surface area (Å²) < 4.78 is 7.54. The lowest BCUT2D eigenvalue weighted by Gasteiger charge is -2.10. The van der Waals surface area contributed by atoms with Crippen LogP contribution in [0, 0.1) is 0 Å². The third kappa shape index (κ3) is 9.95. The average Bonchev–Trinajstić information content (AvgIpc) is 3.75. The van der Waals surface area contributed by atoms with Gasteiger partial charge in [-0.3, -0.25) is 19.6 Å². The van der Waals surface area contributed by atoms with Crippen molar-refractivity contribution < 1.29 is 29.0 Å². The second-order valence-electron chi connectivity index (χ2n) is 10.6. The third-order valence-electron chi connectivity index (χ3n) is 6.91. The Balaban J connectivity index is 0.000000208. The Kier molecular flexibility index (Phi) is 13.3. The van der Waals surface area contributed by atoms with E-state index in [2.05, 4.69) is 41.0 Å². The molecular formula is C34H32N12O6S2. The topological polar surface area (TPSA) is 261 Å². The van der Waals surface area contributed by atoms with Crippen LogP contribution in [0.2, 0.25) is 0 Å². The van der Waals surface area contributed by atoms with Crippen LogP contribution in [0.25, 0.3) is 23.0 Å². The SMILES string of the molecule is CCOC(=O)c1ccccc1NC(=O)CSc1nnc(-c2ccccn2)n1N.Nn1c(SCC(=O)Nc2ccccc2C(=O)O)nnc1-c1ccccn1. The normalized spacial score (nSPS) is 10.5. The van der Waals surface area contributed by atoms with E-state index in [0.717, 1.165) is 23.5 Å². The maximum absolute atomic E-state index is 12.3. The van der Waals surface area contributed by atoms with Crippen LogP contribution in [0.3, 0.4) is 0 Å². The van der Waals surface area contributed by atoms with Gasteiger partial charge in [0.1, 0.15) is 11.4 Å². The number of carbonyl (C=O) groups is 4. The quantitative estimate of drug-likeness (QED) is 0.0640. The fraction of sp³-hybridized carbons (Fsp3) is 0.118. The van der Waals surface area contributed by atoms with E-state index < -0.39 is 11.9 Å². The van der Waals surface area contributed by atoms with Gasteiger partial charge in [-0.05, 0) is 55.5 Å². The number of nitrogens with one attached hydrogen (secondary N) is 2. The summed E-state index contributed by atoms with van der Waals surface area (Å²) in [6.07, 6.45) is 3.25. The lowest BCUT2D eigenvalue weighted by atomic mass is 10.2. The Hall–Kier alpha value is -6.80. The number of hydrogen-bond acceptors (Lipinski definition) is 15. The molecule has 0 bridgehead atoms. The van der Waals surface area contributed by atoms with E-state index >= 15 is 0 Å². The highest BCUT2D eigenvalue weighted by Gasteiger charge is 2.18. The highest BCUT2D eigenvalue weighted by molar-refractivity contribution is 8.00. The number of carboxylic acids is 1. The van der Waals surface area contributed by atoms with Gasteiger partial charge in [-0.25, -0.2) is 18.9 Å². The summed E-state index contributed by atoms with van der Waals surface area (Å²) in [6, 6.07) is 23.5. The number of benzene rings is 2. The minimum absolute atomic E-state index is 0.00843. The van der Waals surface area contributed by atoms with E-state index in [9.17, 15) is 19.2 Å². The zero-order valence-corrected chi connectivity index (χ0v) is 30.0. The molecule has 6 aromatic rings. The highest BCUT2D eigenvalue weighted by atomic mass is 32.2. The van der Waals surface area contributed by atoms with Gasteiger partial charge < -0.3 is 32.2 Å². The second kappa shape index (κ2) is 18.6. The molecule has 0 unspecified atom stereocenters. The molecule has 4 heterocycles. The number of para-hydroxylation sites is 2. The van der Waals surface area contributed by atoms with Crippen LogP contribution >= 0.6 is 23.5 Å². The first-order valence-corrected chi connectivity index (χ1v) is 17.8. The van der Waals surface area contributed by atoms with Crippen molar-refractivity contribution in [1.29, 1.82) is 0 Å². The Morgan fingerprint density at radius 2 is 1.11 bits per heavy atom. The number of aromatic carboxylic acids is 1. The third-order valence-corrected chi connectivity index (χ3v) is 8.80. The number of anilines is 2. The lowest BCUT2D eigenvalue weighted by Crippen LogP contribution is -2.18. The zero-order chi connectivity index (χ0) is 38.5.